The molecule has 2 N–H and O–H groups in total. The van der Waals surface area contributed by atoms with Gasteiger partial charge in [0.1, 0.15) is 11.6 Å². The van der Waals surface area contributed by atoms with E-state index in [2.05, 4.69) is 27.5 Å². The molecule has 0 spiro atoms. The van der Waals surface area contributed by atoms with Gasteiger partial charge in [-0.05, 0) is 31.9 Å². The third-order valence-corrected chi connectivity index (χ3v) is 5.57. The quantitative estimate of drug-likeness (QED) is 0.571. The number of benzene rings is 1. The molecular formula is C19H24F2N4S. The lowest BCUT2D eigenvalue weighted by atomic mass is 10.1. The van der Waals surface area contributed by atoms with E-state index in [1.807, 2.05) is 13.1 Å². The molecule has 2 unspecified atom stereocenters. The van der Waals surface area contributed by atoms with Gasteiger partial charge in [0.15, 0.2) is 5.96 Å². The lowest BCUT2D eigenvalue weighted by Gasteiger charge is -2.11. The molecule has 1 aromatic carbocycles. The predicted octanol–water partition coefficient (Wildman–Crippen LogP) is 3.64. The molecule has 4 nitrogen and oxygen atoms in total. The summed E-state index contributed by atoms with van der Waals surface area (Å²) in [6, 6.07) is 4.02. The van der Waals surface area contributed by atoms with Crippen LogP contribution in [0, 0.1) is 11.6 Å². The number of hydrogen-bond acceptors (Lipinski definition) is 3. The first-order chi connectivity index (χ1) is 12.6. The molecule has 2 atom stereocenters. The summed E-state index contributed by atoms with van der Waals surface area (Å²) in [4.78, 5) is 10.2. The molecular weight excluding hydrogens is 354 g/mol. The van der Waals surface area contributed by atoms with E-state index in [9.17, 15) is 8.78 Å². The van der Waals surface area contributed by atoms with Gasteiger partial charge in [0.2, 0.25) is 0 Å². The predicted molar refractivity (Wildman–Crippen MR) is 102 cm³/mol. The molecule has 26 heavy (non-hydrogen) atoms. The van der Waals surface area contributed by atoms with Crippen molar-refractivity contribution in [2.75, 3.05) is 13.1 Å². The molecule has 7 heteroatoms. The normalized spacial score (nSPS) is 19.5. The Balaban J connectivity index is 1.57. The molecule has 1 aliphatic rings. The number of thiazole rings is 1. The third kappa shape index (κ3) is 4.58. The summed E-state index contributed by atoms with van der Waals surface area (Å²) in [5.74, 6) is -0.413. The standard InChI is InChI=1S/C19H24F2N4S/c1-3-12-11-24-17(26-12)8-9-23-19(22-4-2)25-16-10-13(16)18-14(20)6-5-7-15(18)21/h5-7,11,13,16H,3-4,8-10H2,1-2H3,(H2,22,23,25). The summed E-state index contributed by atoms with van der Waals surface area (Å²) >= 11 is 1.72. The second kappa shape index (κ2) is 8.58. The van der Waals surface area contributed by atoms with Gasteiger partial charge in [0.25, 0.3) is 0 Å². The van der Waals surface area contributed by atoms with Crippen LogP contribution < -0.4 is 10.6 Å². The van der Waals surface area contributed by atoms with Crippen molar-refractivity contribution < 1.29 is 8.78 Å². The Hall–Kier alpha value is -2.02. The first kappa shape index (κ1) is 18.8. The number of rotatable bonds is 7. The van der Waals surface area contributed by atoms with E-state index in [1.165, 1.54) is 23.1 Å². The molecule has 1 saturated carbocycles. The number of hydrogen-bond donors (Lipinski definition) is 2. The summed E-state index contributed by atoms with van der Waals surface area (Å²) in [6.07, 6.45) is 4.41. The fourth-order valence-electron chi connectivity index (χ4n) is 2.92. The molecule has 2 aromatic rings. The van der Waals surface area contributed by atoms with Crippen LogP contribution in [0.15, 0.2) is 29.4 Å². The van der Waals surface area contributed by atoms with E-state index in [-0.39, 0.29) is 17.5 Å². The number of nitrogens with zero attached hydrogens (tertiary/aromatic N) is 2. The van der Waals surface area contributed by atoms with Crippen LogP contribution >= 0.6 is 11.3 Å². The Kier molecular flexibility index (Phi) is 6.19. The Bertz CT molecular complexity index is 754. The molecule has 1 fully saturated rings. The average molecular weight is 378 g/mol. The van der Waals surface area contributed by atoms with Crippen molar-refractivity contribution in [3.63, 3.8) is 0 Å². The largest absolute Gasteiger partial charge is 0.357 e. The summed E-state index contributed by atoms with van der Waals surface area (Å²) in [6.45, 7) is 5.46. The van der Waals surface area contributed by atoms with Gasteiger partial charge in [-0.25, -0.2) is 13.8 Å². The van der Waals surface area contributed by atoms with Gasteiger partial charge in [0.05, 0.1) is 5.01 Å². The zero-order valence-electron chi connectivity index (χ0n) is 15.1. The highest BCUT2D eigenvalue weighted by Gasteiger charge is 2.42. The summed E-state index contributed by atoms with van der Waals surface area (Å²) in [5, 5.41) is 7.56. The lowest BCUT2D eigenvalue weighted by Crippen LogP contribution is -2.39. The van der Waals surface area contributed by atoms with E-state index in [1.54, 1.807) is 11.3 Å². The summed E-state index contributed by atoms with van der Waals surface area (Å²) in [7, 11) is 0. The van der Waals surface area contributed by atoms with Gasteiger partial charge in [-0.2, -0.15) is 0 Å². The van der Waals surface area contributed by atoms with Crippen LogP contribution in [-0.2, 0) is 12.8 Å². The molecule has 0 radical (unpaired) electrons. The van der Waals surface area contributed by atoms with E-state index in [0.29, 0.717) is 18.9 Å². The van der Waals surface area contributed by atoms with Gasteiger partial charge in [-0.1, -0.05) is 13.0 Å². The number of halogens is 2. The van der Waals surface area contributed by atoms with Crippen molar-refractivity contribution >= 4 is 17.3 Å². The van der Waals surface area contributed by atoms with Crippen LogP contribution in [0.3, 0.4) is 0 Å². The minimum absolute atomic E-state index is 0.00533. The SMILES string of the molecule is CCNC(=NCCc1ncc(CC)s1)NC1CC1c1c(F)cccc1F. The molecule has 3 rings (SSSR count). The van der Waals surface area contributed by atoms with Gasteiger partial charge in [-0.3, -0.25) is 4.99 Å². The van der Waals surface area contributed by atoms with Crippen LogP contribution in [-0.4, -0.2) is 30.1 Å². The second-order valence-corrected chi connectivity index (χ2v) is 7.51. The number of guanidine groups is 1. The molecule has 0 saturated heterocycles. The maximum atomic E-state index is 13.9. The smallest absolute Gasteiger partial charge is 0.191 e. The van der Waals surface area contributed by atoms with Gasteiger partial charge in [-0.15, -0.1) is 11.3 Å². The Morgan fingerprint density at radius 1 is 1.31 bits per heavy atom. The van der Waals surface area contributed by atoms with Crippen molar-refractivity contribution in [2.24, 2.45) is 4.99 Å². The van der Waals surface area contributed by atoms with E-state index in [0.717, 1.165) is 24.4 Å². The van der Waals surface area contributed by atoms with Crippen LogP contribution in [0.25, 0.3) is 0 Å². The maximum Gasteiger partial charge on any atom is 0.191 e. The zero-order valence-corrected chi connectivity index (χ0v) is 15.9. The molecule has 140 valence electrons. The van der Waals surface area contributed by atoms with Crippen LogP contribution in [0.4, 0.5) is 8.78 Å². The lowest BCUT2D eigenvalue weighted by molar-refractivity contribution is 0.553. The average Bonchev–Trinajstić information content (AvgIpc) is 3.19. The van der Waals surface area contributed by atoms with Gasteiger partial charge >= 0.3 is 0 Å². The second-order valence-electron chi connectivity index (χ2n) is 6.31. The molecule has 0 bridgehead atoms. The van der Waals surface area contributed by atoms with Crippen molar-refractivity contribution in [1.82, 2.24) is 15.6 Å². The minimum Gasteiger partial charge on any atom is -0.357 e. The Labute approximate surface area is 156 Å². The van der Waals surface area contributed by atoms with Crippen molar-refractivity contribution in [2.45, 2.75) is 45.1 Å². The zero-order chi connectivity index (χ0) is 18.5. The highest BCUT2D eigenvalue weighted by atomic mass is 32.1. The molecule has 1 aromatic heterocycles. The minimum atomic E-state index is -0.475. The molecule has 0 amide bonds. The van der Waals surface area contributed by atoms with Gasteiger partial charge in [0, 0.05) is 48.1 Å². The van der Waals surface area contributed by atoms with Crippen molar-refractivity contribution in [3.8, 4) is 0 Å². The number of aromatic nitrogens is 1. The van der Waals surface area contributed by atoms with Gasteiger partial charge < -0.3 is 10.6 Å². The highest BCUT2D eigenvalue weighted by Crippen LogP contribution is 2.43. The summed E-state index contributed by atoms with van der Waals surface area (Å²) < 4.78 is 27.8. The van der Waals surface area contributed by atoms with E-state index in [4.69, 9.17) is 0 Å². The van der Waals surface area contributed by atoms with Crippen LogP contribution in [0.5, 0.6) is 0 Å². The number of nitrogens with one attached hydrogen (secondary N) is 2. The third-order valence-electron chi connectivity index (χ3n) is 4.37. The molecule has 1 aliphatic carbocycles. The van der Waals surface area contributed by atoms with Crippen LogP contribution in [0.2, 0.25) is 0 Å². The number of aryl methyl sites for hydroxylation is 1. The highest BCUT2D eigenvalue weighted by molar-refractivity contribution is 7.11. The Morgan fingerprint density at radius 3 is 2.73 bits per heavy atom. The topological polar surface area (TPSA) is 49.3 Å². The Morgan fingerprint density at radius 2 is 2.08 bits per heavy atom. The fourth-order valence-corrected chi connectivity index (χ4v) is 3.78. The first-order valence-electron chi connectivity index (χ1n) is 9.04. The van der Waals surface area contributed by atoms with Crippen LogP contribution in [0.1, 0.15) is 41.6 Å². The first-order valence-corrected chi connectivity index (χ1v) is 9.86. The molecule has 1 heterocycles. The fraction of sp³-hybridized carbons (Fsp3) is 0.474. The molecule has 0 aliphatic heterocycles. The van der Waals surface area contributed by atoms with E-state index < -0.39 is 11.6 Å². The number of aliphatic imine (C=N–C) groups is 1. The maximum absolute atomic E-state index is 13.9. The monoisotopic (exact) mass is 378 g/mol. The van der Waals surface area contributed by atoms with E-state index >= 15 is 0 Å². The van der Waals surface area contributed by atoms with Crippen molar-refractivity contribution in [3.05, 3.63) is 51.5 Å². The summed E-state index contributed by atoms with van der Waals surface area (Å²) in [5.41, 5.74) is 0.177. The van der Waals surface area contributed by atoms with Crippen molar-refractivity contribution in [1.29, 1.82) is 0 Å².